The second-order valence-corrected chi connectivity index (χ2v) is 6.76. The van der Waals surface area contributed by atoms with E-state index < -0.39 is 0 Å². The van der Waals surface area contributed by atoms with Crippen molar-refractivity contribution in [2.75, 3.05) is 31.6 Å². The minimum absolute atomic E-state index is 0.0342. The first kappa shape index (κ1) is 17.7. The monoisotopic (exact) mass is 294 g/mol. The van der Waals surface area contributed by atoms with E-state index in [0.717, 1.165) is 38.2 Å². The normalized spacial score (nSPS) is 11.7. The highest BCUT2D eigenvalue weighted by atomic mass is 16.1. The van der Waals surface area contributed by atoms with Crippen LogP contribution in [0.3, 0.4) is 0 Å². The smallest absolute Gasteiger partial charge is 0.268 e. The van der Waals surface area contributed by atoms with Gasteiger partial charge in [0.2, 0.25) is 0 Å². The molecular formula is C16H30N4O. The summed E-state index contributed by atoms with van der Waals surface area (Å²) in [6, 6.07) is 1.66. The Morgan fingerprint density at radius 1 is 1.33 bits per heavy atom. The van der Waals surface area contributed by atoms with Gasteiger partial charge in [-0.1, -0.05) is 27.7 Å². The molecule has 120 valence electrons. The van der Waals surface area contributed by atoms with Gasteiger partial charge in [-0.05, 0) is 24.8 Å². The predicted molar refractivity (Wildman–Crippen MR) is 89.0 cm³/mol. The number of rotatable bonds is 8. The fourth-order valence-corrected chi connectivity index (χ4v) is 2.04. The van der Waals surface area contributed by atoms with Gasteiger partial charge in [0.1, 0.15) is 0 Å². The molecule has 0 fully saturated rings. The summed E-state index contributed by atoms with van der Waals surface area (Å²) in [5, 5.41) is 7.62. The molecule has 1 heterocycles. The van der Waals surface area contributed by atoms with E-state index in [2.05, 4.69) is 43.0 Å². The molecule has 0 aliphatic heterocycles. The average Bonchev–Trinajstić information content (AvgIpc) is 2.39. The molecule has 0 aromatic carbocycles. The van der Waals surface area contributed by atoms with Crippen LogP contribution in [0.25, 0.3) is 0 Å². The van der Waals surface area contributed by atoms with Gasteiger partial charge < -0.3 is 10.2 Å². The van der Waals surface area contributed by atoms with Gasteiger partial charge in [0.05, 0.1) is 18.4 Å². The van der Waals surface area contributed by atoms with Gasteiger partial charge in [-0.15, -0.1) is 0 Å². The zero-order chi connectivity index (χ0) is 15.9. The molecule has 0 amide bonds. The van der Waals surface area contributed by atoms with E-state index in [0.29, 0.717) is 12.0 Å². The van der Waals surface area contributed by atoms with Gasteiger partial charge in [-0.25, -0.2) is 4.68 Å². The molecule has 0 unspecified atom stereocenters. The summed E-state index contributed by atoms with van der Waals surface area (Å²) in [5.74, 6) is 0. The predicted octanol–water partition coefficient (Wildman–Crippen LogP) is 2.12. The van der Waals surface area contributed by atoms with E-state index in [1.54, 1.807) is 12.3 Å². The maximum atomic E-state index is 12.0. The largest absolute Gasteiger partial charge is 0.373 e. The SMILES string of the molecule is CCCN(C)c1cnn(CCNCCC(C)(C)C)c(=O)c1. The van der Waals surface area contributed by atoms with Crippen molar-refractivity contribution in [3.63, 3.8) is 0 Å². The molecular weight excluding hydrogens is 264 g/mol. The summed E-state index contributed by atoms with van der Waals surface area (Å²) in [6.45, 7) is 12.1. The summed E-state index contributed by atoms with van der Waals surface area (Å²) in [4.78, 5) is 14.1. The first-order chi connectivity index (χ1) is 9.83. The van der Waals surface area contributed by atoms with Crippen LogP contribution >= 0.6 is 0 Å². The van der Waals surface area contributed by atoms with Crippen LogP contribution < -0.4 is 15.8 Å². The van der Waals surface area contributed by atoms with Crippen LogP contribution in [0.5, 0.6) is 0 Å². The quantitative estimate of drug-likeness (QED) is 0.746. The topological polar surface area (TPSA) is 50.2 Å². The molecule has 1 N–H and O–H groups in total. The van der Waals surface area contributed by atoms with Crippen molar-refractivity contribution in [1.29, 1.82) is 0 Å². The van der Waals surface area contributed by atoms with E-state index in [9.17, 15) is 4.79 Å². The van der Waals surface area contributed by atoms with Crippen LogP contribution in [0.2, 0.25) is 0 Å². The maximum Gasteiger partial charge on any atom is 0.268 e. The van der Waals surface area contributed by atoms with Gasteiger partial charge >= 0.3 is 0 Å². The highest BCUT2D eigenvalue weighted by Gasteiger charge is 2.09. The van der Waals surface area contributed by atoms with Crippen LogP contribution in [0.1, 0.15) is 40.5 Å². The number of aromatic nitrogens is 2. The lowest BCUT2D eigenvalue weighted by molar-refractivity contribution is 0.363. The molecule has 0 aliphatic rings. The zero-order valence-corrected chi connectivity index (χ0v) is 14.1. The second-order valence-electron chi connectivity index (χ2n) is 6.76. The Hall–Kier alpha value is -1.36. The molecule has 1 aromatic heterocycles. The van der Waals surface area contributed by atoms with Crippen LogP contribution in [-0.4, -0.2) is 36.5 Å². The molecule has 1 rings (SSSR count). The summed E-state index contributed by atoms with van der Waals surface area (Å²) < 4.78 is 1.52. The Bertz CT molecular complexity index is 476. The fourth-order valence-electron chi connectivity index (χ4n) is 2.04. The van der Waals surface area contributed by atoms with E-state index >= 15 is 0 Å². The number of nitrogens with one attached hydrogen (secondary N) is 1. The fraction of sp³-hybridized carbons (Fsp3) is 0.750. The highest BCUT2D eigenvalue weighted by molar-refractivity contribution is 5.41. The first-order valence-corrected chi connectivity index (χ1v) is 7.82. The van der Waals surface area contributed by atoms with Crippen molar-refractivity contribution in [3.05, 3.63) is 22.6 Å². The minimum Gasteiger partial charge on any atom is -0.373 e. The molecule has 0 aliphatic carbocycles. The van der Waals surface area contributed by atoms with Crippen molar-refractivity contribution in [2.24, 2.45) is 5.41 Å². The zero-order valence-electron chi connectivity index (χ0n) is 14.1. The Kier molecular flexibility index (Phi) is 6.89. The molecule has 5 heteroatoms. The van der Waals surface area contributed by atoms with Crippen LogP contribution in [0.4, 0.5) is 5.69 Å². The lowest BCUT2D eigenvalue weighted by Crippen LogP contribution is -2.31. The summed E-state index contributed by atoms with van der Waals surface area (Å²) in [7, 11) is 1.98. The molecule has 0 saturated carbocycles. The standard InChI is InChI=1S/C16H30N4O/c1-6-10-19(5)14-12-15(21)20(18-13-14)11-9-17-8-7-16(2,3)4/h12-13,17H,6-11H2,1-5H3. The Labute approximate surface area is 128 Å². The lowest BCUT2D eigenvalue weighted by atomic mass is 9.92. The molecule has 1 aromatic rings. The van der Waals surface area contributed by atoms with E-state index in [1.807, 2.05) is 7.05 Å². The third-order valence-corrected chi connectivity index (χ3v) is 3.41. The van der Waals surface area contributed by atoms with Crippen molar-refractivity contribution in [3.8, 4) is 0 Å². The van der Waals surface area contributed by atoms with Crippen LogP contribution in [0, 0.1) is 5.41 Å². The van der Waals surface area contributed by atoms with Crippen molar-refractivity contribution in [2.45, 2.75) is 47.1 Å². The molecule has 0 spiro atoms. The van der Waals surface area contributed by atoms with E-state index in [1.165, 1.54) is 4.68 Å². The van der Waals surface area contributed by atoms with Gasteiger partial charge in [0.15, 0.2) is 0 Å². The highest BCUT2D eigenvalue weighted by Crippen LogP contribution is 2.16. The Balaban J connectivity index is 2.45. The number of nitrogens with zero attached hydrogens (tertiary/aromatic N) is 3. The average molecular weight is 294 g/mol. The molecule has 5 nitrogen and oxygen atoms in total. The molecule has 0 radical (unpaired) electrons. The summed E-state index contributed by atoms with van der Waals surface area (Å²) in [6.07, 6.45) is 3.94. The Morgan fingerprint density at radius 2 is 2.05 bits per heavy atom. The van der Waals surface area contributed by atoms with Crippen LogP contribution in [0.15, 0.2) is 17.1 Å². The van der Waals surface area contributed by atoms with Crippen molar-refractivity contribution < 1.29 is 0 Å². The van der Waals surface area contributed by atoms with Crippen molar-refractivity contribution in [1.82, 2.24) is 15.1 Å². The molecule has 0 atom stereocenters. The second kappa shape index (κ2) is 8.17. The molecule has 21 heavy (non-hydrogen) atoms. The number of hydrogen-bond acceptors (Lipinski definition) is 4. The number of hydrogen-bond donors (Lipinski definition) is 1. The van der Waals surface area contributed by atoms with Gasteiger partial charge in [-0.3, -0.25) is 4.79 Å². The molecule has 0 saturated heterocycles. The van der Waals surface area contributed by atoms with Crippen LogP contribution in [-0.2, 0) is 6.54 Å². The minimum atomic E-state index is -0.0342. The first-order valence-electron chi connectivity index (χ1n) is 7.82. The van der Waals surface area contributed by atoms with E-state index in [4.69, 9.17) is 0 Å². The molecule has 0 bridgehead atoms. The summed E-state index contributed by atoms with van der Waals surface area (Å²) in [5.41, 5.74) is 1.19. The van der Waals surface area contributed by atoms with Crippen molar-refractivity contribution >= 4 is 5.69 Å². The van der Waals surface area contributed by atoms with Gasteiger partial charge in [0.25, 0.3) is 5.56 Å². The Morgan fingerprint density at radius 3 is 2.62 bits per heavy atom. The summed E-state index contributed by atoms with van der Waals surface area (Å²) >= 11 is 0. The van der Waals surface area contributed by atoms with E-state index in [-0.39, 0.29) is 5.56 Å². The third kappa shape index (κ3) is 6.76. The number of anilines is 1. The maximum absolute atomic E-state index is 12.0. The lowest BCUT2D eigenvalue weighted by Gasteiger charge is -2.19. The van der Waals surface area contributed by atoms with Gasteiger partial charge in [0, 0.05) is 26.2 Å². The van der Waals surface area contributed by atoms with Gasteiger partial charge in [-0.2, -0.15) is 5.10 Å². The third-order valence-electron chi connectivity index (χ3n) is 3.41.